The van der Waals surface area contributed by atoms with E-state index < -0.39 is 11.6 Å². The minimum atomic E-state index is -0.968. The maximum Gasteiger partial charge on any atom is 0.335 e. The number of hydrogen-bond donors (Lipinski definition) is 1. The molecule has 78 valence electrons. The van der Waals surface area contributed by atoms with Gasteiger partial charge in [-0.25, -0.2) is 4.79 Å². The SMILES string of the molecule is CCC(CC)(OCC(C)C)C(=O)O. The van der Waals surface area contributed by atoms with Crippen molar-refractivity contribution in [1.82, 2.24) is 0 Å². The van der Waals surface area contributed by atoms with Gasteiger partial charge in [0.1, 0.15) is 0 Å². The molecule has 13 heavy (non-hydrogen) atoms. The molecule has 0 unspecified atom stereocenters. The Labute approximate surface area is 80.1 Å². The summed E-state index contributed by atoms with van der Waals surface area (Å²) in [6, 6.07) is 0. The normalized spacial score (nSPS) is 12.1. The highest BCUT2D eigenvalue weighted by atomic mass is 16.5. The number of carbonyl (C=O) groups is 1. The van der Waals surface area contributed by atoms with Gasteiger partial charge in [-0.1, -0.05) is 27.7 Å². The van der Waals surface area contributed by atoms with E-state index in [1.165, 1.54) is 0 Å². The van der Waals surface area contributed by atoms with Crippen LogP contribution in [-0.4, -0.2) is 23.3 Å². The van der Waals surface area contributed by atoms with Gasteiger partial charge >= 0.3 is 5.97 Å². The Morgan fingerprint density at radius 3 is 2.08 bits per heavy atom. The first-order valence-corrected chi connectivity index (χ1v) is 4.85. The van der Waals surface area contributed by atoms with Gasteiger partial charge in [0.25, 0.3) is 0 Å². The summed E-state index contributed by atoms with van der Waals surface area (Å²) in [4.78, 5) is 11.0. The first-order chi connectivity index (χ1) is 5.98. The number of carboxylic acid groups (broad SMARTS) is 1. The number of hydrogen-bond acceptors (Lipinski definition) is 2. The van der Waals surface area contributed by atoms with Crippen LogP contribution < -0.4 is 0 Å². The fourth-order valence-electron chi connectivity index (χ4n) is 1.14. The van der Waals surface area contributed by atoms with Gasteiger partial charge in [-0.3, -0.25) is 0 Å². The van der Waals surface area contributed by atoms with E-state index in [1.807, 2.05) is 27.7 Å². The van der Waals surface area contributed by atoms with Gasteiger partial charge in [0, 0.05) is 0 Å². The quantitative estimate of drug-likeness (QED) is 0.695. The molecule has 0 bridgehead atoms. The fraction of sp³-hybridized carbons (Fsp3) is 0.900. The van der Waals surface area contributed by atoms with Gasteiger partial charge in [-0.05, 0) is 18.8 Å². The fourth-order valence-corrected chi connectivity index (χ4v) is 1.14. The van der Waals surface area contributed by atoms with Crippen molar-refractivity contribution in [1.29, 1.82) is 0 Å². The molecule has 0 spiro atoms. The van der Waals surface area contributed by atoms with Gasteiger partial charge in [0.15, 0.2) is 5.60 Å². The van der Waals surface area contributed by atoms with E-state index in [2.05, 4.69) is 0 Å². The van der Waals surface area contributed by atoms with Gasteiger partial charge in [-0.2, -0.15) is 0 Å². The Hall–Kier alpha value is -0.570. The van der Waals surface area contributed by atoms with Gasteiger partial charge in [0.05, 0.1) is 6.61 Å². The number of aliphatic carboxylic acids is 1. The molecule has 0 aromatic carbocycles. The second kappa shape index (κ2) is 5.22. The highest BCUT2D eigenvalue weighted by Crippen LogP contribution is 2.21. The lowest BCUT2D eigenvalue weighted by molar-refractivity contribution is -0.168. The summed E-state index contributed by atoms with van der Waals surface area (Å²) in [5.41, 5.74) is -0.968. The van der Waals surface area contributed by atoms with E-state index in [4.69, 9.17) is 9.84 Å². The highest BCUT2D eigenvalue weighted by molar-refractivity contribution is 5.77. The van der Waals surface area contributed by atoms with Crippen LogP contribution in [0.1, 0.15) is 40.5 Å². The van der Waals surface area contributed by atoms with Crippen LogP contribution in [0.5, 0.6) is 0 Å². The molecule has 0 aromatic heterocycles. The zero-order valence-corrected chi connectivity index (χ0v) is 8.96. The molecule has 0 aliphatic carbocycles. The minimum Gasteiger partial charge on any atom is -0.479 e. The second-order valence-corrected chi connectivity index (χ2v) is 3.71. The Balaban J connectivity index is 4.31. The smallest absolute Gasteiger partial charge is 0.335 e. The van der Waals surface area contributed by atoms with Crippen molar-refractivity contribution in [3.05, 3.63) is 0 Å². The molecular weight excluding hydrogens is 168 g/mol. The molecule has 1 N–H and O–H groups in total. The predicted molar refractivity (Wildman–Crippen MR) is 51.7 cm³/mol. The Morgan fingerprint density at radius 1 is 1.38 bits per heavy atom. The van der Waals surface area contributed by atoms with E-state index in [0.717, 1.165) is 0 Å². The molecule has 3 heteroatoms. The predicted octanol–water partition coefficient (Wildman–Crippen LogP) is 2.30. The van der Waals surface area contributed by atoms with Crippen LogP contribution >= 0.6 is 0 Å². The average Bonchev–Trinajstić information content (AvgIpc) is 2.06. The summed E-state index contributed by atoms with van der Waals surface area (Å²) in [5, 5.41) is 9.01. The number of rotatable bonds is 6. The van der Waals surface area contributed by atoms with Crippen LogP contribution in [0.2, 0.25) is 0 Å². The number of carboxylic acids is 1. The van der Waals surface area contributed by atoms with Crippen LogP contribution in [0.15, 0.2) is 0 Å². The maximum atomic E-state index is 11.0. The molecule has 0 radical (unpaired) electrons. The van der Waals surface area contributed by atoms with E-state index in [1.54, 1.807) is 0 Å². The summed E-state index contributed by atoms with van der Waals surface area (Å²) < 4.78 is 5.45. The van der Waals surface area contributed by atoms with Gasteiger partial charge in [0.2, 0.25) is 0 Å². The van der Waals surface area contributed by atoms with Crippen molar-refractivity contribution in [3.63, 3.8) is 0 Å². The molecule has 0 aliphatic heterocycles. The van der Waals surface area contributed by atoms with E-state index in [-0.39, 0.29) is 0 Å². The molecule has 0 saturated heterocycles. The van der Waals surface area contributed by atoms with Crippen LogP contribution in [-0.2, 0) is 9.53 Å². The summed E-state index contributed by atoms with van der Waals surface area (Å²) in [6.07, 6.45) is 1.04. The summed E-state index contributed by atoms with van der Waals surface area (Å²) in [7, 11) is 0. The zero-order chi connectivity index (χ0) is 10.5. The van der Waals surface area contributed by atoms with Crippen molar-refractivity contribution < 1.29 is 14.6 Å². The zero-order valence-electron chi connectivity index (χ0n) is 8.96. The Kier molecular flexibility index (Phi) is 4.99. The van der Waals surface area contributed by atoms with E-state index in [0.29, 0.717) is 25.4 Å². The van der Waals surface area contributed by atoms with Crippen LogP contribution in [0.25, 0.3) is 0 Å². The highest BCUT2D eigenvalue weighted by Gasteiger charge is 2.35. The average molecular weight is 188 g/mol. The standard InChI is InChI=1S/C10H20O3/c1-5-10(6-2,9(11)12)13-7-8(3)4/h8H,5-7H2,1-4H3,(H,11,12). The monoisotopic (exact) mass is 188 g/mol. The molecule has 0 heterocycles. The van der Waals surface area contributed by atoms with Crippen molar-refractivity contribution >= 4 is 5.97 Å². The van der Waals surface area contributed by atoms with Crippen LogP contribution in [0.4, 0.5) is 0 Å². The van der Waals surface area contributed by atoms with Crippen molar-refractivity contribution in [2.75, 3.05) is 6.61 Å². The third kappa shape index (κ3) is 3.35. The van der Waals surface area contributed by atoms with E-state index >= 15 is 0 Å². The topological polar surface area (TPSA) is 46.5 Å². The molecule has 0 fully saturated rings. The van der Waals surface area contributed by atoms with E-state index in [9.17, 15) is 4.79 Å². The molecular formula is C10H20O3. The van der Waals surface area contributed by atoms with Crippen LogP contribution in [0, 0.1) is 5.92 Å². The largest absolute Gasteiger partial charge is 0.479 e. The van der Waals surface area contributed by atoms with Gasteiger partial charge in [-0.15, -0.1) is 0 Å². The maximum absolute atomic E-state index is 11.0. The van der Waals surface area contributed by atoms with Crippen molar-refractivity contribution in [2.45, 2.75) is 46.1 Å². The molecule has 0 saturated carbocycles. The Bertz CT molecular complexity index is 160. The summed E-state index contributed by atoms with van der Waals surface area (Å²) in [6.45, 7) is 8.22. The molecule has 0 rings (SSSR count). The second-order valence-electron chi connectivity index (χ2n) is 3.71. The van der Waals surface area contributed by atoms with Crippen LogP contribution in [0.3, 0.4) is 0 Å². The first-order valence-electron chi connectivity index (χ1n) is 4.85. The molecule has 3 nitrogen and oxygen atoms in total. The Morgan fingerprint density at radius 2 is 1.85 bits per heavy atom. The van der Waals surface area contributed by atoms with Crippen molar-refractivity contribution in [2.24, 2.45) is 5.92 Å². The lowest BCUT2D eigenvalue weighted by Crippen LogP contribution is -2.41. The lowest BCUT2D eigenvalue weighted by atomic mass is 9.97. The number of ether oxygens (including phenoxy) is 1. The summed E-state index contributed by atoms with van der Waals surface area (Å²) >= 11 is 0. The lowest BCUT2D eigenvalue weighted by Gasteiger charge is -2.27. The summed E-state index contributed by atoms with van der Waals surface area (Å²) in [5.74, 6) is -0.477. The molecule has 0 amide bonds. The molecule has 0 aliphatic rings. The van der Waals surface area contributed by atoms with Gasteiger partial charge < -0.3 is 9.84 Å². The third-order valence-corrected chi connectivity index (χ3v) is 2.22. The van der Waals surface area contributed by atoms with Crippen molar-refractivity contribution in [3.8, 4) is 0 Å². The minimum absolute atomic E-state index is 0.372. The third-order valence-electron chi connectivity index (χ3n) is 2.22. The molecule has 0 atom stereocenters. The molecule has 0 aromatic rings. The first kappa shape index (κ1) is 12.4.